The number of ether oxygens (including phenoxy) is 1. The smallest absolute Gasteiger partial charge is 0.0824 e. The van der Waals surface area contributed by atoms with Crippen LogP contribution >= 0.6 is 0 Å². The summed E-state index contributed by atoms with van der Waals surface area (Å²) in [4.78, 5) is 2.48. The Bertz CT molecular complexity index is 150. The summed E-state index contributed by atoms with van der Waals surface area (Å²) < 4.78 is 5.58. The second kappa shape index (κ2) is 4.94. The maximum atomic E-state index is 5.59. The fourth-order valence-electron chi connectivity index (χ4n) is 1.74. The van der Waals surface area contributed by atoms with Gasteiger partial charge >= 0.3 is 0 Å². The molecule has 13 heavy (non-hydrogen) atoms. The van der Waals surface area contributed by atoms with Gasteiger partial charge in [0.05, 0.1) is 12.7 Å². The first kappa shape index (κ1) is 11.0. The summed E-state index contributed by atoms with van der Waals surface area (Å²) in [6.45, 7) is 10.3. The van der Waals surface area contributed by atoms with Crippen LogP contribution in [0.3, 0.4) is 0 Å². The Labute approximate surface area is 81.2 Å². The van der Waals surface area contributed by atoms with Crippen molar-refractivity contribution in [3.05, 3.63) is 0 Å². The lowest BCUT2D eigenvalue weighted by molar-refractivity contribution is -0.0567. The molecule has 0 aliphatic carbocycles. The van der Waals surface area contributed by atoms with Crippen molar-refractivity contribution in [2.24, 2.45) is 11.7 Å². The molecule has 1 fully saturated rings. The van der Waals surface area contributed by atoms with Crippen molar-refractivity contribution in [2.45, 2.75) is 32.9 Å². The number of nitrogens with zero attached hydrogens (tertiary/aromatic N) is 1. The van der Waals surface area contributed by atoms with Crippen molar-refractivity contribution in [1.29, 1.82) is 0 Å². The average molecular weight is 186 g/mol. The van der Waals surface area contributed by atoms with Gasteiger partial charge in [0.15, 0.2) is 0 Å². The van der Waals surface area contributed by atoms with Crippen LogP contribution in [0.15, 0.2) is 0 Å². The van der Waals surface area contributed by atoms with Crippen molar-refractivity contribution in [3.8, 4) is 0 Å². The molecular formula is C10H22N2O. The second-order valence-electron chi connectivity index (χ2n) is 4.39. The maximum Gasteiger partial charge on any atom is 0.0824 e. The van der Waals surface area contributed by atoms with Crippen LogP contribution in [0.5, 0.6) is 0 Å². The Morgan fingerprint density at radius 3 is 2.77 bits per heavy atom. The molecular weight excluding hydrogens is 164 g/mol. The molecule has 3 nitrogen and oxygen atoms in total. The van der Waals surface area contributed by atoms with Crippen LogP contribution in [0, 0.1) is 5.92 Å². The second-order valence-corrected chi connectivity index (χ2v) is 4.39. The molecule has 0 aromatic heterocycles. The summed E-state index contributed by atoms with van der Waals surface area (Å²) in [6.07, 6.45) is 0.245. The third kappa shape index (κ3) is 3.25. The van der Waals surface area contributed by atoms with E-state index >= 15 is 0 Å². The molecule has 78 valence electrons. The molecule has 1 aliphatic heterocycles. The van der Waals surface area contributed by atoms with Gasteiger partial charge in [-0.15, -0.1) is 0 Å². The fourth-order valence-corrected chi connectivity index (χ4v) is 1.74. The number of rotatable bonds is 3. The molecule has 1 saturated heterocycles. The van der Waals surface area contributed by atoms with Crippen LogP contribution in [0.4, 0.5) is 0 Å². The Kier molecular flexibility index (Phi) is 4.16. The molecule has 1 aliphatic rings. The highest BCUT2D eigenvalue weighted by Gasteiger charge is 2.25. The Hall–Kier alpha value is -0.120. The normalized spacial score (nSPS) is 31.2. The van der Waals surface area contributed by atoms with E-state index in [9.17, 15) is 0 Å². The zero-order valence-electron chi connectivity index (χ0n) is 8.99. The van der Waals surface area contributed by atoms with Crippen LogP contribution in [-0.2, 0) is 4.74 Å². The van der Waals surface area contributed by atoms with Crippen LogP contribution < -0.4 is 5.73 Å². The lowest BCUT2D eigenvalue weighted by Crippen LogP contribution is -2.51. The van der Waals surface area contributed by atoms with Crippen LogP contribution in [0.25, 0.3) is 0 Å². The fraction of sp³-hybridized carbons (Fsp3) is 1.00. The molecule has 0 bridgehead atoms. The third-order valence-electron chi connectivity index (χ3n) is 2.50. The lowest BCUT2D eigenvalue weighted by Gasteiger charge is -2.38. The predicted octanol–water partition coefficient (Wildman–Crippen LogP) is 0.690. The molecule has 0 amide bonds. The van der Waals surface area contributed by atoms with Gasteiger partial charge in [0.25, 0.3) is 0 Å². The highest BCUT2D eigenvalue weighted by Crippen LogP contribution is 2.12. The SMILES string of the molecule is CC(C)CN1CC(CN)OCC1C. The van der Waals surface area contributed by atoms with Crippen LogP contribution in [-0.4, -0.2) is 43.3 Å². The third-order valence-corrected chi connectivity index (χ3v) is 2.50. The highest BCUT2D eigenvalue weighted by molar-refractivity contribution is 4.78. The van der Waals surface area contributed by atoms with E-state index in [2.05, 4.69) is 25.7 Å². The standard InChI is InChI=1S/C10H22N2O/c1-8(2)5-12-6-10(4-11)13-7-9(12)3/h8-10H,4-7,11H2,1-3H3. The van der Waals surface area contributed by atoms with Gasteiger partial charge < -0.3 is 10.5 Å². The first-order chi connectivity index (χ1) is 6.13. The first-order valence-electron chi connectivity index (χ1n) is 5.19. The summed E-state index contributed by atoms with van der Waals surface area (Å²) in [6, 6.07) is 0.546. The molecule has 2 atom stereocenters. The minimum Gasteiger partial charge on any atom is -0.374 e. The van der Waals surface area contributed by atoms with Crippen molar-refractivity contribution in [3.63, 3.8) is 0 Å². The summed E-state index contributed by atoms with van der Waals surface area (Å²) >= 11 is 0. The van der Waals surface area contributed by atoms with Crippen molar-refractivity contribution >= 4 is 0 Å². The molecule has 2 N–H and O–H groups in total. The van der Waals surface area contributed by atoms with E-state index in [-0.39, 0.29) is 6.10 Å². The minimum absolute atomic E-state index is 0.245. The molecule has 0 aromatic carbocycles. The quantitative estimate of drug-likeness (QED) is 0.705. The van der Waals surface area contributed by atoms with Gasteiger partial charge in [-0.25, -0.2) is 0 Å². The van der Waals surface area contributed by atoms with E-state index < -0.39 is 0 Å². The molecule has 0 radical (unpaired) electrons. The van der Waals surface area contributed by atoms with Gasteiger partial charge in [0.1, 0.15) is 0 Å². The van der Waals surface area contributed by atoms with Crippen molar-refractivity contribution < 1.29 is 4.74 Å². The number of hydrogen-bond acceptors (Lipinski definition) is 3. The van der Waals surface area contributed by atoms with Gasteiger partial charge in [-0.05, 0) is 12.8 Å². The van der Waals surface area contributed by atoms with E-state index in [1.54, 1.807) is 0 Å². The number of nitrogens with two attached hydrogens (primary N) is 1. The van der Waals surface area contributed by atoms with Gasteiger partial charge in [-0.3, -0.25) is 4.90 Å². The average Bonchev–Trinajstić information content (AvgIpc) is 2.08. The summed E-state index contributed by atoms with van der Waals surface area (Å²) in [5.74, 6) is 0.721. The Balaban J connectivity index is 2.40. The molecule has 1 rings (SSSR count). The molecule has 0 saturated carbocycles. The van der Waals surface area contributed by atoms with Gasteiger partial charge in [0, 0.05) is 25.7 Å². The summed E-state index contributed by atoms with van der Waals surface area (Å²) in [5.41, 5.74) is 5.59. The zero-order valence-corrected chi connectivity index (χ0v) is 8.99. The van der Waals surface area contributed by atoms with Gasteiger partial charge in [-0.2, -0.15) is 0 Å². The van der Waals surface area contributed by atoms with Crippen LogP contribution in [0.1, 0.15) is 20.8 Å². The van der Waals surface area contributed by atoms with Crippen LogP contribution in [0.2, 0.25) is 0 Å². The van der Waals surface area contributed by atoms with Crippen molar-refractivity contribution in [2.75, 3.05) is 26.2 Å². The first-order valence-corrected chi connectivity index (χ1v) is 5.19. The van der Waals surface area contributed by atoms with E-state index in [0.717, 1.165) is 25.6 Å². The highest BCUT2D eigenvalue weighted by atomic mass is 16.5. The molecule has 3 heteroatoms. The lowest BCUT2D eigenvalue weighted by atomic mass is 10.1. The van der Waals surface area contributed by atoms with E-state index in [1.807, 2.05) is 0 Å². The Morgan fingerprint density at radius 2 is 2.23 bits per heavy atom. The minimum atomic E-state index is 0.245. The number of hydrogen-bond donors (Lipinski definition) is 1. The van der Waals surface area contributed by atoms with E-state index in [4.69, 9.17) is 10.5 Å². The largest absolute Gasteiger partial charge is 0.374 e. The topological polar surface area (TPSA) is 38.5 Å². The van der Waals surface area contributed by atoms with Gasteiger partial charge in [-0.1, -0.05) is 13.8 Å². The number of morpholine rings is 1. The monoisotopic (exact) mass is 186 g/mol. The van der Waals surface area contributed by atoms with Gasteiger partial charge in [0.2, 0.25) is 0 Å². The Morgan fingerprint density at radius 1 is 1.54 bits per heavy atom. The molecule has 1 heterocycles. The predicted molar refractivity (Wildman–Crippen MR) is 54.7 cm³/mol. The molecule has 0 spiro atoms. The summed E-state index contributed by atoms with van der Waals surface area (Å²) in [7, 11) is 0. The van der Waals surface area contributed by atoms with Crippen molar-refractivity contribution in [1.82, 2.24) is 4.90 Å². The maximum absolute atomic E-state index is 5.59. The molecule has 2 unspecified atom stereocenters. The molecule has 0 aromatic rings. The van der Waals surface area contributed by atoms with E-state index in [1.165, 1.54) is 0 Å². The zero-order chi connectivity index (χ0) is 9.84. The summed E-state index contributed by atoms with van der Waals surface area (Å²) in [5, 5.41) is 0. The van der Waals surface area contributed by atoms with E-state index in [0.29, 0.717) is 12.6 Å².